The molecule has 1 aliphatic heterocycles. The Morgan fingerprint density at radius 2 is 2.04 bits per heavy atom. The number of ether oxygens (including phenoxy) is 1. The average Bonchev–Trinajstić information content (AvgIpc) is 2.95. The van der Waals surface area contributed by atoms with Crippen LogP contribution in [0.1, 0.15) is 16.8 Å². The van der Waals surface area contributed by atoms with E-state index in [1.807, 2.05) is 18.2 Å². The highest BCUT2D eigenvalue weighted by molar-refractivity contribution is 5.99. The highest BCUT2D eigenvalue weighted by atomic mass is 16.5. The lowest BCUT2D eigenvalue weighted by atomic mass is 10.1. The van der Waals surface area contributed by atoms with E-state index < -0.39 is 0 Å². The number of hydrogen-bond donors (Lipinski definition) is 2. The van der Waals surface area contributed by atoms with Gasteiger partial charge in [-0.15, -0.1) is 0 Å². The van der Waals surface area contributed by atoms with E-state index in [1.54, 1.807) is 30.2 Å². The van der Waals surface area contributed by atoms with Crippen molar-refractivity contribution in [2.75, 3.05) is 18.6 Å². The summed E-state index contributed by atoms with van der Waals surface area (Å²) in [5, 5.41) is 12.3. The van der Waals surface area contributed by atoms with Crippen molar-refractivity contribution in [3.8, 4) is 11.5 Å². The lowest BCUT2D eigenvalue weighted by molar-refractivity contribution is -0.117. The van der Waals surface area contributed by atoms with Crippen LogP contribution in [0, 0.1) is 0 Å². The second kappa shape index (κ2) is 6.62. The number of amides is 2. The van der Waals surface area contributed by atoms with Crippen LogP contribution >= 0.6 is 0 Å². The molecular weight excluding hydrogens is 308 g/mol. The van der Waals surface area contributed by atoms with Crippen LogP contribution in [0.3, 0.4) is 0 Å². The molecule has 24 heavy (non-hydrogen) atoms. The van der Waals surface area contributed by atoms with Crippen molar-refractivity contribution >= 4 is 17.5 Å². The number of phenolic OH excluding ortho intramolecular Hbond substituents is 1. The van der Waals surface area contributed by atoms with Crippen LogP contribution < -0.4 is 15.0 Å². The van der Waals surface area contributed by atoms with Gasteiger partial charge in [-0.1, -0.05) is 12.1 Å². The molecule has 6 nitrogen and oxygen atoms in total. The summed E-state index contributed by atoms with van der Waals surface area (Å²) in [7, 11) is 1.57. The Kier molecular flexibility index (Phi) is 4.37. The number of carbonyl (C=O) groups excluding carboxylic acids is 2. The van der Waals surface area contributed by atoms with Crippen molar-refractivity contribution in [3.05, 3.63) is 54.1 Å². The first kappa shape index (κ1) is 15.9. The molecule has 1 saturated heterocycles. The van der Waals surface area contributed by atoms with Crippen molar-refractivity contribution in [1.29, 1.82) is 0 Å². The van der Waals surface area contributed by atoms with E-state index in [0.29, 0.717) is 17.9 Å². The lowest BCUT2D eigenvalue weighted by Gasteiger charge is -2.18. The fourth-order valence-electron chi connectivity index (χ4n) is 2.75. The minimum atomic E-state index is -0.309. The number of hydrogen-bond acceptors (Lipinski definition) is 4. The zero-order valence-corrected chi connectivity index (χ0v) is 13.2. The normalized spacial score (nSPS) is 17.0. The van der Waals surface area contributed by atoms with E-state index in [9.17, 15) is 14.7 Å². The van der Waals surface area contributed by atoms with Gasteiger partial charge in [0.25, 0.3) is 5.91 Å². The van der Waals surface area contributed by atoms with Gasteiger partial charge in [0.05, 0.1) is 13.2 Å². The molecule has 1 aliphatic rings. The van der Waals surface area contributed by atoms with E-state index >= 15 is 0 Å². The maximum atomic E-state index is 12.3. The zero-order chi connectivity index (χ0) is 17.1. The van der Waals surface area contributed by atoms with Gasteiger partial charge in [-0.3, -0.25) is 9.59 Å². The third kappa shape index (κ3) is 3.32. The highest BCUT2D eigenvalue weighted by Crippen LogP contribution is 2.25. The minimum Gasteiger partial charge on any atom is -0.508 e. The third-order valence-corrected chi connectivity index (χ3v) is 3.93. The van der Waals surface area contributed by atoms with Crippen LogP contribution in [-0.4, -0.2) is 36.6 Å². The van der Waals surface area contributed by atoms with Crippen LogP contribution in [0.2, 0.25) is 0 Å². The van der Waals surface area contributed by atoms with Crippen molar-refractivity contribution in [3.63, 3.8) is 0 Å². The van der Waals surface area contributed by atoms with E-state index in [4.69, 9.17) is 4.74 Å². The summed E-state index contributed by atoms with van der Waals surface area (Å²) in [6.07, 6.45) is 0.238. The molecule has 2 amide bonds. The summed E-state index contributed by atoms with van der Waals surface area (Å²) in [6.45, 7) is 0.399. The quantitative estimate of drug-likeness (QED) is 0.900. The van der Waals surface area contributed by atoms with Gasteiger partial charge in [0, 0.05) is 30.3 Å². The van der Waals surface area contributed by atoms with Crippen LogP contribution in [0.25, 0.3) is 0 Å². The molecule has 1 heterocycles. The van der Waals surface area contributed by atoms with Crippen LogP contribution in [0.5, 0.6) is 11.5 Å². The number of aromatic hydroxyl groups is 1. The topological polar surface area (TPSA) is 78.9 Å². The summed E-state index contributed by atoms with van der Waals surface area (Å²) < 4.78 is 5.18. The Bertz CT molecular complexity index is 775. The second-order valence-corrected chi connectivity index (χ2v) is 5.63. The van der Waals surface area contributed by atoms with Gasteiger partial charge in [0.2, 0.25) is 5.91 Å². The molecule has 1 fully saturated rings. The predicted molar refractivity (Wildman–Crippen MR) is 89.3 cm³/mol. The largest absolute Gasteiger partial charge is 0.508 e. The number of rotatable bonds is 4. The first-order valence-electron chi connectivity index (χ1n) is 7.61. The summed E-state index contributed by atoms with van der Waals surface area (Å²) in [4.78, 5) is 26.1. The van der Waals surface area contributed by atoms with Gasteiger partial charge in [-0.25, -0.2) is 0 Å². The van der Waals surface area contributed by atoms with Gasteiger partial charge in [0.1, 0.15) is 11.5 Å². The first-order chi connectivity index (χ1) is 11.6. The fourth-order valence-corrected chi connectivity index (χ4v) is 2.75. The highest BCUT2D eigenvalue weighted by Gasteiger charge is 2.31. The van der Waals surface area contributed by atoms with Gasteiger partial charge in [-0.2, -0.15) is 0 Å². The molecule has 0 aromatic heterocycles. The van der Waals surface area contributed by atoms with Crippen molar-refractivity contribution in [2.24, 2.45) is 0 Å². The number of phenols is 1. The van der Waals surface area contributed by atoms with E-state index in [1.165, 1.54) is 12.1 Å². The molecule has 2 N–H and O–H groups in total. The fraction of sp³-hybridized carbons (Fsp3) is 0.222. The standard InChI is InChI=1S/C18H18N2O4/c1-24-16-7-3-5-14(10-16)20-11-13(9-17(20)22)19-18(23)12-4-2-6-15(21)8-12/h2-8,10,13,21H,9,11H2,1H3,(H,19,23). The Hall–Kier alpha value is -3.02. The first-order valence-corrected chi connectivity index (χ1v) is 7.61. The summed E-state index contributed by atoms with van der Waals surface area (Å²) in [5.41, 5.74) is 1.11. The molecule has 0 radical (unpaired) electrons. The maximum Gasteiger partial charge on any atom is 0.251 e. The van der Waals surface area contributed by atoms with Crippen molar-refractivity contribution in [1.82, 2.24) is 5.32 Å². The van der Waals surface area contributed by atoms with Gasteiger partial charge >= 0.3 is 0 Å². The van der Waals surface area contributed by atoms with Crippen LogP contribution in [0.4, 0.5) is 5.69 Å². The Balaban J connectivity index is 1.69. The Morgan fingerprint density at radius 1 is 1.25 bits per heavy atom. The molecule has 2 aromatic carbocycles. The van der Waals surface area contributed by atoms with Crippen LogP contribution in [-0.2, 0) is 4.79 Å². The smallest absolute Gasteiger partial charge is 0.251 e. The SMILES string of the molecule is COc1cccc(N2CC(NC(=O)c3cccc(O)c3)CC2=O)c1. The third-order valence-electron chi connectivity index (χ3n) is 3.93. The number of anilines is 1. The van der Waals surface area contributed by atoms with E-state index in [0.717, 1.165) is 5.69 Å². The Labute approximate surface area is 139 Å². The molecule has 0 saturated carbocycles. The van der Waals surface area contributed by atoms with Gasteiger partial charge in [-0.05, 0) is 30.3 Å². The average molecular weight is 326 g/mol. The number of benzene rings is 2. The molecule has 1 atom stereocenters. The molecule has 0 spiro atoms. The zero-order valence-electron chi connectivity index (χ0n) is 13.2. The molecule has 2 aromatic rings. The maximum absolute atomic E-state index is 12.3. The molecular formula is C18H18N2O4. The molecule has 0 bridgehead atoms. The molecule has 6 heteroatoms. The van der Waals surface area contributed by atoms with E-state index in [2.05, 4.69) is 5.32 Å². The van der Waals surface area contributed by atoms with Gasteiger partial charge < -0.3 is 20.1 Å². The number of carbonyl (C=O) groups is 2. The number of nitrogens with zero attached hydrogens (tertiary/aromatic N) is 1. The second-order valence-electron chi connectivity index (χ2n) is 5.63. The van der Waals surface area contributed by atoms with Crippen LogP contribution in [0.15, 0.2) is 48.5 Å². The predicted octanol–water partition coefficient (Wildman–Crippen LogP) is 1.94. The number of methoxy groups -OCH3 is 1. The summed E-state index contributed by atoms with van der Waals surface area (Å²) >= 11 is 0. The molecule has 0 aliphatic carbocycles. The number of nitrogens with one attached hydrogen (secondary N) is 1. The van der Waals surface area contributed by atoms with Gasteiger partial charge in [0.15, 0.2) is 0 Å². The monoisotopic (exact) mass is 326 g/mol. The van der Waals surface area contributed by atoms with Crippen molar-refractivity contribution < 1.29 is 19.4 Å². The van der Waals surface area contributed by atoms with Crippen molar-refractivity contribution in [2.45, 2.75) is 12.5 Å². The Morgan fingerprint density at radius 3 is 2.79 bits per heavy atom. The lowest BCUT2D eigenvalue weighted by Crippen LogP contribution is -2.37. The molecule has 1 unspecified atom stereocenters. The van der Waals surface area contributed by atoms with E-state index in [-0.39, 0.29) is 30.0 Å². The summed E-state index contributed by atoms with van der Waals surface area (Å²) in [6, 6.07) is 13.1. The minimum absolute atomic E-state index is 0.0307. The summed E-state index contributed by atoms with van der Waals surface area (Å²) in [5.74, 6) is 0.344. The molecule has 3 rings (SSSR count). The molecule has 124 valence electrons.